The predicted molar refractivity (Wildman–Crippen MR) is 78.5 cm³/mol. The topological polar surface area (TPSA) is 106 Å². The molecule has 0 bridgehead atoms. The molecule has 8 nitrogen and oxygen atoms in total. The number of amides is 1. The highest BCUT2D eigenvalue weighted by Crippen LogP contribution is 2.07. The minimum Gasteiger partial charge on any atom is -0.480 e. The fourth-order valence-electron chi connectivity index (χ4n) is 2.11. The third-order valence-electron chi connectivity index (χ3n) is 3.58. The lowest BCUT2D eigenvalue weighted by Gasteiger charge is -2.19. The smallest absolute Gasteiger partial charge is 0.350 e. The lowest BCUT2D eigenvalue weighted by atomic mass is 9.99. The number of carbonyl (C=O) groups is 2. The normalized spacial score (nSPS) is 13.7. The number of pyridine rings is 1. The molecule has 2 heterocycles. The monoisotopic (exact) mass is 306 g/mol. The van der Waals surface area contributed by atoms with Crippen LogP contribution in [0.5, 0.6) is 0 Å². The summed E-state index contributed by atoms with van der Waals surface area (Å²) in [7, 11) is 0. The molecule has 2 atom stereocenters. The summed E-state index contributed by atoms with van der Waals surface area (Å²) >= 11 is 0. The average Bonchev–Trinajstić information content (AvgIpc) is 2.80. The Labute approximate surface area is 126 Å². The van der Waals surface area contributed by atoms with Gasteiger partial charge in [0.2, 0.25) is 5.91 Å². The first kappa shape index (κ1) is 15.7. The number of carboxylic acids is 1. The first-order valence-electron chi connectivity index (χ1n) is 7.00. The molecule has 0 aromatic carbocycles. The Morgan fingerprint density at radius 3 is 2.73 bits per heavy atom. The molecule has 22 heavy (non-hydrogen) atoms. The Kier molecular flexibility index (Phi) is 4.59. The average molecular weight is 306 g/mol. The molecule has 2 rings (SSSR count). The Balaban J connectivity index is 2.15. The van der Waals surface area contributed by atoms with E-state index < -0.39 is 23.6 Å². The van der Waals surface area contributed by atoms with E-state index in [0.29, 0.717) is 12.1 Å². The Bertz CT molecular complexity index is 749. The van der Waals surface area contributed by atoms with E-state index in [-0.39, 0.29) is 12.5 Å². The van der Waals surface area contributed by atoms with E-state index in [1.165, 1.54) is 4.40 Å². The van der Waals surface area contributed by atoms with E-state index in [9.17, 15) is 14.4 Å². The molecule has 0 saturated carbocycles. The predicted octanol–water partition coefficient (Wildman–Crippen LogP) is 0.111. The summed E-state index contributed by atoms with van der Waals surface area (Å²) in [6.07, 6.45) is 2.17. The van der Waals surface area contributed by atoms with Crippen LogP contribution in [-0.4, -0.2) is 37.2 Å². The van der Waals surface area contributed by atoms with Crippen LogP contribution in [0.25, 0.3) is 5.65 Å². The number of nitrogens with one attached hydrogen (secondary N) is 1. The second-order valence-electron chi connectivity index (χ2n) is 5.14. The van der Waals surface area contributed by atoms with Crippen LogP contribution < -0.4 is 11.0 Å². The number of aromatic nitrogens is 3. The zero-order valence-electron chi connectivity index (χ0n) is 12.4. The fraction of sp³-hybridized carbons (Fsp3) is 0.429. The van der Waals surface area contributed by atoms with E-state index >= 15 is 0 Å². The summed E-state index contributed by atoms with van der Waals surface area (Å²) in [5.41, 5.74) is -0.0156. The van der Waals surface area contributed by atoms with Crippen molar-refractivity contribution in [2.45, 2.75) is 32.9 Å². The zero-order valence-corrected chi connectivity index (χ0v) is 12.4. The van der Waals surface area contributed by atoms with Crippen LogP contribution in [0.2, 0.25) is 0 Å². The van der Waals surface area contributed by atoms with Gasteiger partial charge in [0.05, 0.1) is 0 Å². The van der Waals surface area contributed by atoms with Crippen molar-refractivity contribution in [3.8, 4) is 0 Å². The number of hydrogen-bond acceptors (Lipinski definition) is 4. The lowest BCUT2D eigenvalue weighted by molar-refractivity contribution is -0.143. The van der Waals surface area contributed by atoms with Gasteiger partial charge in [0.25, 0.3) is 0 Å². The van der Waals surface area contributed by atoms with Crippen molar-refractivity contribution in [1.29, 1.82) is 0 Å². The summed E-state index contributed by atoms with van der Waals surface area (Å²) in [4.78, 5) is 35.2. The number of carboxylic acid groups (broad SMARTS) is 1. The summed E-state index contributed by atoms with van der Waals surface area (Å²) in [6, 6.07) is 4.08. The molecule has 2 aromatic heterocycles. The van der Waals surface area contributed by atoms with E-state index in [2.05, 4.69) is 10.4 Å². The van der Waals surface area contributed by atoms with Gasteiger partial charge in [0.15, 0.2) is 5.65 Å². The maximum absolute atomic E-state index is 12.0. The number of aliphatic carboxylic acids is 1. The highest BCUT2D eigenvalue weighted by Gasteiger charge is 2.25. The first-order chi connectivity index (χ1) is 10.4. The van der Waals surface area contributed by atoms with Gasteiger partial charge in [0, 0.05) is 6.20 Å². The van der Waals surface area contributed by atoms with Crippen molar-refractivity contribution in [2.75, 3.05) is 0 Å². The van der Waals surface area contributed by atoms with Crippen LogP contribution in [0.1, 0.15) is 20.3 Å². The van der Waals surface area contributed by atoms with E-state index in [1.807, 2.05) is 6.92 Å². The highest BCUT2D eigenvalue weighted by atomic mass is 16.4. The quantitative estimate of drug-likeness (QED) is 0.788. The molecule has 0 saturated heterocycles. The summed E-state index contributed by atoms with van der Waals surface area (Å²) in [5.74, 6) is -1.86. The Morgan fingerprint density at radius 2 is 2.14 bits per heavy atom. The van der Waals surface area contributed by atoms with Crippen LogP contribution in [0.3, 0.4) is 0 Å². The molecule has 0 radical (unpaired) electrons. The Hall–Kier alpha value is -2.64. The summed E-state index contributed by atoms with van der Waals surface area (Å²) in [6.45, 7) is 3.27. The first-order valence-corrected chi connectivity index (χ1v) is 7.00. The van der Waals surface area contributed by atoms with E-state index in [4.69, 9.17) is 5.11 Å². The molecule has 0 spiro atoms. The minimum atomic E-state index is -1.09. The highest BCUT2D eigenvalue weighted by molar-refractivity contribution is 5.83. The van der Waals surface area contributed by atoms with Crippen molar-refractivity contribution in [1.82, 2.24) is 19.5 Å². The fourth-order valence-corrected chi connectivity index (χ4v) is 2.11. The van der Waals surface area contributed by atoms with Gasteiger partial charge in [-0.25, -0.2) is 14.3 Å². The summed E-state index contributed by atoms with van der Waals surface area (Å²) < 4.78 is 2.33. The largest absolute Gasteiger partial charge is 0.480 e. The third kappa shape index (κ3) is 3.16. The van der Waals surface area contributed by atoms with Gasteiger partial charge >= 0.3 is 11.7 Å². The van der Waals surface area contributed by atoms with Gasteiger partial charge in [-0.05, 0) is 18.1 Å². The molecule has 2 N–H and O–H groups in total. The molecular weight excluding hydrogens is 288 g/mol. The lowest BCUT2D eigenvalue weighted by Crippen LogP contribution is -2.46. The van der Waals surface area contributed by atoms with Gasteiger partial charge in [-0.3, -0.25) is 9.20 Å². The van der Waals surface area contributed by atoms with Crippen molar-refractivity contribution in [2.24, 2.45) is 5.92 Å². The third-order valence-corrected chi connectivity index (χ3v) is 3.58. The SMILES string of the molecule is CCC(C)C(NC(=O)Cn1nc2ccccn2c1=O)C(=O)O. The summed E-state index contributed by atoms with van der Waals surface area (Å²) in [5, 5.41) is 15.6. The van der Waals surface area contributed by atoms with Gasteiger partial charge in [-0.15, -0.1) is 5.10 Å². The maximum atomic E-state index is 12.0. The molecular formula is C14H18N4O4. The zero-order chi connectivity index (χ0) is 16.3. The molecule has 0 aliphatic rings. The van der Waals surface area contributed by atoms with Crippen molar-refractivity contribution >= 4 is 17.5 Å². The van der Waals surface area contributed by atoms with Crippen LogP contribution >= 0.6 is 0 Å². The van der Waals surface area contributed by atoms with E-state index in [0.717, 1.165) is 4.68 Å². The van der Waals surface area contributed by atoms with Crippen LogP contribution in [0.4, 0.5) is 0 Å². The van der Waals surface area contributed by atoms with E-state index in [1.54, 1.807) is 31.3 Å². The minimum absolute atomic E-state index is 0.209. The van der Waals surface area contributed by atoms with Gasteiger partial charge in [-0.1, -0.05) is 26.3 Å². The van der Waals surface area contributed by atoms with Crippen LogP contribution in [0, 0.1) is 5.92 Å². The number of fused-ring (bicyclic) bond motifs is 1. The second-order valence-corrected chi connectivity index (χ2v) is 5.14. The molecule has 2 unspecified atom stereocenters. The maximum Gasteiger partial charge on any atom is 0.350 e. The second kappa shape index (κ2) is 6.42. The number of nitrogens with zero attached hydrogens (tertiary/aromatic N) is 3. The van der Waals surface area contributed by atoms with Crippen molar-refractivity contribution in [3.63, 3.8) is 0 Å². The van der Waals surface area contributed by atoms with Gasteiger partial charge in [0.1, 0.15) is 12.6 Å². The number of carbonyl (C=O) groups excluding carboxylic acids is 1. The van der Waals surface area contributed by atoms with Crippen LogP contribution in [0.15, 0.2) is 29.2 Å². The molecule has 118 valence electrons. The van der Waals surface area contributed by atoms with Crippen LogP contribution in [-0.2, 0) is 16.1 Å². The molecule has 8 heteroatoms. The number of hydrogen-bond donors (Lipinski definition) is 2. The molecule has 1 amide bonds. The van der Waals surface area contributed by atoms with Crippen molar-refractivity contribution < 1.29 is 14.7 Å². The standard InChI is InChI=1S/C14H18N4O4/c1-3-9(2)12(13(20)21)15-11(19)8-18-14(22)17-7-5-4-6-10(17)16-18/h4-7,9,12H,3,8H2,1-2H3,(H,15,19)(H,20,21). The van der Waals surface area contributed by atoms with Crippen molar-refractivity contribution in [3.05, 3.63) is 34.9 Å². The number of rotatable bonds is 6. The van der Waals surface area contributed by atoms with Gasteiger partial charge < -0.3 is 10.4 Å². The van der Waals surface area contributed by atoms with Gasteiger partial charge in [-0.2, -0.15) is 0 Å². The molecule has 0 fully saturated rings. The Morgan fingerprint density at radius 1 is 1.41 bits per heavy atom. The molecule has 0 aliphatic heterocycles. The molecule has 2 aromatic rings. The molecule has 0 aliphatic carbocycles.